The summed E-state index contributed by atoms with van der Waals surface area (Å²) in [5.74, 6) is 0.359. The fourth-order valence-electron chi connectivity index (χ4n) is 3.55. The summed E-state index contributed by atoms with van der Waals surface area (Å²) in [4.78, 5) is 19.0. The second kappa shape index (κ2) is 7.46. The summed E-state index contributed by atoms with van der Waals surface area (Å²) in [6, 6.07) is 12.1. The van der Waals surface area contributed by atoms with Gasteiger partial charge in [-0.05, 0) is 68.1 Å². The number of hydrogen-bond donors (Lipinski definition) is 2. The number of halogens is 1. The first kappa shape index (κ1) is 18.2. The number of urea groups is 1. The van der Waals surface area contributed by atoms with Gasteiger partial charge in [-0.3, -0.25) is 0 Å². The van der Waals surface area contributed by atoms with Gasteiger partial charge in [0.15, 0.2) is 5.82 Å². The maximum atomic E-state index is 14.7. The highest BCUT2D eigenvalue weighted by Gasteiger charge is 2.15. The third-order valence-electron chi connectivity index (χ3n) is 5.27. The number of rotatable bonds is 3. The van der Waals surface area contributed by atoms with Crippen LogP contribution in [0.15, 0.2) is 42.5 Å². The third-order valence-corrected chi connectivity index (χ3v) is 5.27. The van der Waals surface area contributed by atoms with Crippen LogP contribution in [0.3, 0.4) is 0 Å². The monoisotopic (exact) mass is 378 g/mol. The van der Waals surface area contributed by atoms with Crippen LogP contribution >= 0.6 is 0 Å². The molecule has 1 aliphatic heterocycles. The topological polar surface area (TPSA) is 57.3 Å². The zero-order valence-electron chi connectivity index (χ0n) is 16.1. The van der Waals surface area contributed by atoms with Gasteiger partial charge in [-0.2, -0.15) is 0 Å². The van der Waals surface area contributed by atoms with Crippen LogP contribution in [-0.4, -0.2) is 24.1 Å². The quantitative estimate of drug-likeness (QED) is 0.656. The van der Waals surface area contributed by atoms with Crippen LogP contribution in [-0.2, 0) is 0 Å². The van der Waals surface area contributed by atoms with Crippen LogP contribution in [0.4, 0.5) is 26.4 Å². The van der Waals surface area contributed by atoms with E-state index in [9.17, 15) is 9.18 Å². The van der Waals surface area contributed by atoms with Crippen LogP contribution in [0.25, 0.3) is 10.9 Å². The van der Waals surface area contributed by atoms with E-state index in [1.54, 1.807) is 6.07 Å². The molecule has 0 radical (unpaired) electrons. The molecular weight excluding hydrogens is 355 g/mol. The highest BCUT2D eigenvalue weighted by Crippen LogP contribution is 2.26. The second-order valence-corrected chi connectivity index (χ2v) is 7.22. The maximum Gasteiger partial charge on any atom is 0.323 e. The third kappa shape index (κ3) is 3.63. The number of hydrogen-bond acceptors (Lipinski definition) is 3. The average molecular weight is 378 g/mol. The maximum absolute atomic E-state index is 14.7. The number of nitrogens with zero attached hydrogens (tertiary/aromatic N) is 2. The number of nitrogens with one attached hydrogen (secondary N) is 2. The van der Waals surface area contributed by atoms with Crippen molar-refractivity contribution in [3.63, 3.8) is 0 Å². The molecule has 5 nitrogen and oxygen atoms in total. The van der Waals surface area contributed by atoms with Gasteiger partial charge >= 0.3 is 6.03 Å². The van der Waals surface area contributed by atoms with Crippen molar-refractivity contribution in [2.75, 3.05) is 28.6 Å². The number of aryl methyl sites for hydroxylation is 1. The summed E-state index contributed by atoms with van der Waals surface area (Å²) in [6.45, 7) is 5.85. The van der Waals surface area contributed by atoms with E-state index in [-0.39, 0.29) is 0 Å². The first-order valence-electron chi connectivity index (χ1n) is 9.51. The first-order chi connectivity index (χ1) is 13.5. The van der Waals surface area contributed by atoms with Crippen LogP contribution in [0.5, 0.6) is 0 Å². The van der Waals surface area contributed by atoms with Crippen molar-refractivity contribution in [2.45, 2.75) is 26.7 Å². The summed E-state index contributed by atoms with van der Waals surface area (Å²) < 4.78 is 14.7. The van der Waals surface area contributed by atoms with E-state index in [1.807, 2.05) is 44.2 Å². The van der Waals surface area contributed by atoms with Crippen molar-refractivity contribution in [3.05, 3.63) is 59.4 Å². The molecule has 0 bridgehead atoms. The molecular formula is C22H23FN4O. The summed E-state index contributed by atoms with van der Waals surface area (Å²) in [7, 11) is 0. The molecule has 2 amide bonds. The van der Waals surface area contributed by atoms with Crippen LogP contribution in [0.2, 0.25) is 0 Å². The largest absolute Gasteiger partial charge is 0.357 e. The van der Waals surface area contributed by atoms with Gasteiger partial charge in [0.25, 0.3) is 0 Å². The number of pyridine rings is 1. The Morgan fingerprint density at radius 1 is 1.07 bits per heavy atom. The Hall–Kier alpha value is -3.15. The van der Waals surface area contributed by atoms with Crippen LogP contribution in [0, 0.1) is 19.7 Å². The first-order valence-corrected chi connectivity index (χ1v) is 9.51. The highest BCUT2D eigenvalue weighted by molar-refractivity contribution is 6.01. The van der Waals surface area contributed by atoms with Crippen LogP contribution in [0.1, 0.15) is 24.0 Å². The SMILES string of the molecule is Cc1cccc(NC(=O)Nc2cc(F)c3nc(N4CCCC4)ccc3c2)c1C. The van der Waals surface area contributed by atoms with Crippen molar-refractivity contribution in [1.29, 1.82) is 0 Å². The van der Waals surface area contributed by atoms with E-state index < -0.39 is 11.8 Å². The second-order valence-electron chi connectivity index (χ2n) is 7.22. The fraction of sp³-hybridized carbons (Fsp3) is 0.273. The summed E-state index contributed by atoms with van der Waals surface area (Å²) in [6.07, 6.45) is 2.28. The van der Waals surface area contributed by atoms with Crippen molar-refractivity contribution >= 4 is 34.1 Å². The Labute approximate surface area is 163 Å². The molecule has 28 heavy (non-hydrogen) atoms. The van der Waals surface area contributed by atoms with Gasteiger partial charge in [-0.25, -0.2) is 14.2 Å². The molecule has 2 heterocycles. The molecule has 144 valence electrons. The molecule has 1 saturated heterocycles. The molecule has 0 spiro atoms. The fourth-order valence-corrected chi connectivity index (χ4v) is 3.55. The Morgan fingerprint density at radius 2 is 1.86 bits per heavy atom. The highest BCUT2D eigenvalue weighted by atomic mass is 19.1. The molecule has 1 aromatic heterocycles. The molecule has 2 N–H and O–H groups in total. The number of carbonyl (C=O) groups is 1. The van der Waals surface area contributed by atoms with Crippen molar-refractivity contribution in [3.8, 4) is 0 Å². The Bertz CT molecular complexity index is 1040. The van der Waals surface area contributed by atoms with Crippen molar-refractivity contribution in [1.82, 2.24) is 4.98 Å². The number of benzene rings is 2. The molecule has 0 saturated carbocycles. The minimum atomic E-state index is -0.444. The van der Waals surface area contributed by atoms with E-state index in [2.05, 4.69) is 20.5 Å². The predicted molar refractivity (Wildman–Crippen MR) is 112 cm³/mol. The number of fused-ring (bicyclic) bond motifs is 1. The Kier molecular flexibility index (Phi) is 4.86. The Morgan fingerprint density at radius 3 is 2.64 bits per heavy atom. The van der Waals surface area contributed by atoms with Gasteiger partial charge in [0.2, 0.25) is 0 Å². The standard InChI is InChI=1S/C22H23FN4O/c1-14-6-5-7-19(15(14)2)25-22(28)24-17-12-16-8-9-20(27-10-3-4-11-27)26-21(16)18(23)13-17/h5-9,12-13H,3-4,10-11H2,1-2H3,(H2,24,25,28). The lowest BCUT2D eigenvalue weighted by atomic mass is 10.1. The normalized spacial score (nSPS) is 13.8. The number of aromatic nitrogens is 1. The average Bonchev–Trinajstić information content (AvgIpc) is 3.20. The lowest BCUT2D eigenvalue weighted by molar-refractivity contribution is 0.262. The number of amides is 2. The molecule has 0 atom stereocenters. The van der Waals surface area contributed by atoms with E-state index >= 15 is 0 Å². The lowest BCUT2D eigenvalue weighted by Gasteiger charge is -2.17. The Balaban J connectivity index is 1.54. The van der Waals surface area contributed by atoms with Crippen LogP contribution < -0.4 is 15.5 Å². The molecule has 2 aromatic carbocycles. The van der Waals surface area contributed by atoms with E-state index in [0.29, 0.717) is 16.6 Å². The minimum Gasteiger partial charge on any atom is -0.357 e. The zero-order chi connectivity index (χ0) is 19.7. The zero-order valence-corrected chi connectivity index (χ0v) is 16.1. The minimum absolute atomic E-state index is 0.324. The van der Waals surface area contributed by atoms with Gasteiger partial charge in [0.05, 0.1) is 0 Å². The van der Waals surface area contributed by atoms with Gasteiger partial charge in [-0.1, -0.05) is 12.1 Å². The van der Waals surface area contributed by atoms with Gasteiger partial charge in [0.1, 0.15) is 11.3 Å². The van der Waals surface area contributed by atoms with E-state index in [1.165, 1.54) is 6.07 Å². The summed E-state index contributed by atoms with van der Waals surface area (Å²) in [5, 5.41) is 6.19. The smallest absolute Gasteiger partial charge is 0.323 e. The summed E-state index contributed by atoms with van der Waals surface area (Å²) >= 11 is 0. The molecule has 4 rings (SSSR count). The molecule has 1 aliphatic rings. The number of anilines is 3. The van der Waals surface area contributed by atoms with E-state index in [4.69, 9.17) is 0 Å². The van der Waals surface area contributed by atoms with Crippen molar-refractivity contribution in [2.24, 2.45) is 0 Å². The number of carbonyl (C=O) groups excluding carboxylic acids is 1. The van der Waals surface area contributed by atoms with Crippen molar-refractivity contribution < 1.29 is 9.18 Å². The molecule has 0 aliphatic carbocycles. The molecule has 6 heteroatoms. The van der Waals surface area contributed by atoms with E-state index in [0.717, 1.165) is 48.6 Å². The molecule has 3 aromatic rings. The summed E-state index contributed by atoms with van der Waals surface area (Å²) in [5.41, 5.74) is 3.54. The van der Waals surface area contributed by atoms with Gasteiger partial charge in [-0.15, -0.1) is 0 Å². The molecule has 1 fully saturated rings. The van der Waals surface area contributed by atoms with Gasteiger partial charge < -0.3 is 15.5 Å². The predicted octanol–water partition coefficient (Wildman–Crippen LogP) is 5.23. The van der Waals surface area contributed by atoms with Gasteiger partial charge in [0, 0.05) is 29.9 Å². The molecule has 0 unspecified atom stereocenters. The lowest BCUT2D eigenvalue weighted by Crippen LogP contribution is -2.20.